The van der Waals surface area contributed by atoms with Gasteiger partial charge in [-0.05, 0) is 64.9 Å². The first-order valence-electron chi connectivity index (χ1n) is 7.64. The molecule has 1 fully saturated rings. The van der Waals surface area contributed by atoms with E-state index in [1.165, 1.54) is 0 Å². The number of halogens is 1. The van der Waals surface area contributed by atoms with Gasteiger partial charge in [0.05, 0.1) is 5.41 Å². The maximum absolute atomic E-state index is 12.3. The van der Waals surface area contributed by atoms with E-state index in [0.717, 1.165) is 13.0 Å². The van der Waals surface area contributed by atoms with Crippen LogP contribution in [-0.2, 0) is 4.79 Å². The number of carbonyl (C=O) groups is 2. The van der Waals surface area contributed by atoms with Gasteiger partial charge in [0.15, 0.2) is 0 Å². The summed E-state index contributed by atoms with van der Waals surface area (Å²) in [6, 6.07) is 6.99. The number of amides is 2. The third kappa shape index (κ3) is 5.22. The predicted molar refractivity (Wildman–Crippen MR) is 95.1 cm³/mol. The minimum absolute atomic E-state index is 0. The third-order valence-electron chi connectivity index (χ3n) is 3.81. The molecule has 0 aromatic heterocycles. The second-order valence-corrected chi connectivity index (χ2v) is 7.22. The van der Waals surface area contributed by atoms with Gasteiger partial charge in [0.2, 0.25) is 5.91 Å². The van der Waals surface area contributed by atoms with Crippen molar-refractivity contribution >= 4 is 29.9 Å². The van der Waals surface area contributed by atoms with E-state index in [2.05, 4.69) is 16.0 Å². The van der Waals surface area contributed by atoms with E-state index < -0.39 is 0 Å². The standard InChI is InChI=1S/C17H25N3O2.ClH/c1-16(2,3)20-14(21)12-5-7-13(8-6-12)19-15(22)17(4)9-10-18-11-17;/h5-8,18H,9-11H2,1-4H3,(H,19,22)(H,20,21);1H. The molecule has 0 aliphatic carbocycles. The van der Waals surface area contributed by atoms with Crippen molar-refractivity contribution in [3.05, 3.63) is 29.8 Å². The molecule has 128 valence electrons. The van der Waals surface area contributed by atoms with Crippen molar-refractivity contribution in [2.45, 2.75) is 39.7 Å². The molecular weight excluding hydrogens is 314 g/mol. The van der Waals surface area contributed by atoms with Crippen molar-refractivity contribution in [2.24, 2.45) is 5.41 Å². The quantitative estimate of drug-likeness (QED) is 0.792. The minimum atomic E-state index is -0.359. The summed E-state index contributed by atoms with van der Waals surface area (Å²) in [5, 5.41) is 9.05. The van der Waals surface area contributed by atoms with Crippen molar-refractivity contribution in [2.75, 3.05) is 18.4 Å². The Morgan fingerprint density at radius 1 is 1.17 bits per heavy atom. The summed E-state index contributed by atoms with van der Waals surface area (Å²) in [4.78, 5) is 24.4. The van der Waals surface area contributed by atoms with Crippen molar-refractivity contribution in [3.63, 3.8) is 0 Å². The molecule has 2 rings (SSSR count). The van der Waals surface area contributed by atoms with Gasteiger partial charge in [0, 0.05) is 23.3 Å². The molecule has 1 aromatic carbocycles. The smallest absolute Gasteiger partial charge is 0.251 e. The second-order valence-electron chi connectivity index (χ2n) is 7.22. The Morgan fingerprint density at radius 2 is 1.78 bits per heavy atom. The summed E-state index contributed by atoms with van der Waals surface area (Å²) in [6.45, 7) is 9.36. The molecule has 0 spiro atoms. The van der Waals surface area contributed by atoms with Gasteiger partial charge in [-0.3, -0.25) is 9.59 Å². The zero-order valence-electron chi connectivity index (χ0n) is 14.2. The summed E-state index contributed by atoms with van der Waals surface area (Å²) in [5.74, 6) is -0.0956. The molecule has 1 heterocycles. The highest BCUT2D eigenvalue weighted by atomic mass is 35.5. The molecule has 2 amide bonds. The fourth-order valence-electron chi connectivity index (χ4n) is 2.41. The van der Waals surface area contributed by atoms with Crippen molar-refractivity contribution in [3.8, 4) is 0 Å². The van der Waals surface area contributed by atoms with Crippen LogP contribution in [0.1, 0.15) is 44.5 Å². The molecule has 0 radical (unpaired) electrons. The van der Waals surface area contributed by atoms with Gasteiger partial charge in [0.1, 0.15) is 0 Å². The summed E-state index contributed by atoms with van der Waals surface area (Å²) < 4.78 is 0. The van der Waals surface area contributed by atoms with Crippen molar-refractivity contribution in [1.82, 2.24) is 10.6 Å². The van der Waals surface area contributed by atoms with Crippen LogP contribution in [0, 0.1) is 5.41 Å². The highest BCUT2D eigenvalue weighted by Crippen LogP contribution is 2.26. The van der Waals surface area contributed by atoms with E-state index in [1.54, 1.807) is 24.3 Å². The Bertz CT molecular complexity index is 558. The first kappa shape index (κ1) is 19.5. The maximum atomic E-state index is 12.3. The molecule has 1 atom stereocenters. The zero-order valence-corrected chi connectivity index (χ0v) is 15.0. The lowest BCUT2D eigenvalue weighted by Crippen LogP contribution is -2.40. The summed E-state index contributed by atoms with van der Waals surface area (Å²) in [7, 11) is 0. The molecule has 1 aromatic rings. The number of benzene rings is 1. The highest BCUT2D eigenvalue weighted by molar-refractivity contribution is 5.97. The summed E-state index contributed by atoms with van der Waals surface area (Å²) >= 11 is 0. The first-order chi connectivity index (χ1) is 10.2. The largest absolute Gasteiger partial charge is 0.347 e. The van der Waals surface area contributed by atoms with Crippen LogP contribution in [0.3, 0.4) is 0 Å². The van der Waals surface area contributed by atoms with Crippen LogP contribution in [0.25, 0.3) is 0 Å². The molecule has 1 unspecified atom stereocenters. The molecule has 0 saturated carbocycles. The van der Waals surface area contributed by atoms with Crippen LogP contribution >= 0.6 is 12.4 Å². The lowest BCUT2D eigenvalue weighted by atomic mass is 9.89. The Labute approximate surface area is 144 Å². The molecule has 6 heteroatoms. The topological polar surface area (TPSA) is 70.2 Å². The number of rotatable bonds is 3. The van der Waals surface area contributed by atoms with Gasteiger partial charge in [-0.2, -0.15) is 0 Å². The SMILES string of the molecule is CC(C)(C)NC(=O)c1ccc(NC(=O)C2(C)CCNC2)cc1.Cl. The average Bonchev–Trinajstić information content (AvgIpc) is 2.86. The van der Waals surface area contributed by atoms with Crippen LogP contribution in [-0.4, -0.2) is 30.4 Å². The van der Waals surface area contributed by atoms with Crippen LogP contribution in [0.4, 0.5) is 5.69 Å². The molecule has 1 aliphatic rings. The fraction of sp³-hybridized carbons (Fsp3) is 0.529. The maximum Gasteiger partial charge on any atom is 0.251 e. The molecule has 1 aliphatic heterocycles. The van der Waals surface area contributed by atoms with Crippen LogP contribution in [0.2, 0.25) is 0 Å². The first-order valence-corrected chi connectivity index (χ1v) is 7.64. The van der Waals surface area contributed by atoms with Crippen LogP contribution in [0.5, 0.6) is 0 Å². The lowest BCUT2D eigenvalue weighted by Gasteiger charge is -2.22. The predicted octanol–water partition coefficient (Wildman–Crippen LogP) is 2.57. The Hall–Kier alpha value is -1.59. The van der Waals surface area contributed by atoms with E-state index in [4.69, 9.17) is 0 Å². The number of hydrogen-bond acceptors (Lipinski definition) is 3. The number of anilines is 1. The zero-order chi connectivity index (χ0) is 16.4. The third-order valence-corrected chi connectivity index (χ3v) is 3.81. The van der Waals surface area contributed by atoms with E-state index in [-0.39, 0.29) is 35.2 Å². The summed E-state index contributed by atoms with van der Waals surface area (Å²) in [6.07, 6.45) is 0.838. The molecule has 1 saturated heterocycles. The van der Waals surface area contributed by atoms with Crippen molar-refractivity contribution < 1.29 is 9.59 Å². The van der Waals surface area contributed by atoms with Gasteiger partial charge in [-0.1, -0.05) is 0 Å². The Balaban J connectivity index is 0.00000264. The van der Waals surface area contributed by atoms with Gasteiger partial charge < -0.3 is 16.0 Å². The normalized spacial score (nSPS) is 20.5. The molecule has 3 N–H and O–H groups in total. The molecule has 5 nitrogen and oxygen atoms in total. The molecule has 23 heavy (non-hydrogen) atoms. The number of hydrogen-bond donors (Lipinski definition) is 3. The lowest BCUT2D eigenvalue weighted by molar-refractivity contribution is -0.123. The number of nitrogens with one attached hydrogen (secondary N) is 3. The van der Waals surface area contributed by atoms with E-state index in [9.17, 15) is 9.59 Å². The van der Waals surface area contributed by atoms with E-state index in [0.29, 0.717) is 17.8 Å². The highest BCUT2D eigenvalue weighted by Gasteiger charge is 2.36. The van der Waals surface area contributed by atoms with Crippen molar-refractivity contribution in [1.29, 1.82) is 0 Å². The van der Waals surface area contributed by atoms with Gasteiger partial charge in [-0.15, -0.1) is 12.4 Å². The number of carbonyl (C=O) groups excluding carboxylic acids is 2. The van der Waals surface area contributed by atoms with Gasteiger partial charge in [-0.25, -0.2) is 0 Å². The van der Waals surface area contributed by atoms with E-state index in [1.807, 2.05) is 27.7 Å². The minimum Gasteiger partial charge on any atom is -0.347 e. The molecular formula is C17H26ClN3O2. The fourth-order valence-corrected chi connectivity index (χ4v) is 2.41. The second kappa shape index (κ2) is 7.32. The van der Waals surface area contributed by atoms with Gasteiger partial charge in [0.25, 0.3) is 5.91 Å². The molecule has 0 bridgehead atoms. The van der Waals surface area contributed by atoms with E-state index >= 15 is 0 Å². The Morgan fingerprint density at radius 3 is 2.26 bits per heavy atom. The van der Waals surface area contributed by atoms with Gasteiger partial charge >= 0.3 is 0 Å². The summed E-state index contributed by atoms with van der Waals surface area (Å²) in [5.41, 5.74) is 0.670. The monoisotopic (exact) mass is 339 g/mol. The Kier molecular flexibility index (Phi) is 6.19. The van der Waals surface area contributed by atoms with Crippen LogP contribution in [0.15, 0.2) is 24.3 Å². The van der Waals surface area contributed by atoms with Crippen LogP contribution < -0.4 is 16.0 Å². The average molecular weight is 340 g/mol.